The second kappa shape index (κ2) is 11.6. The van der Waals surface area contributed by atoms with Gasteiger partial charge in [-0.3, -0.25) is 4.90 Å². The van der Waals surface area contributed by atoms with Crippen molar-refractivity contribution >= 4 is 30.2 Å². The summed E-state index contributed by atoms with van der Waals surface area (Å²) in [5.41, 5.74) is 1.76. The second-order valence-corrected chi connectivity index (χ2v) is 10.1. The van der Waals surface area contributed by atoms with Gasteiger partial charge in [0.15, 0.2) is 0 Å². The third-order valence-corrected chi connectivity index (χ3v) is 6.38. The van der Waals surface area contributed by atoms with Gasteiger partial charge in [-0.1, -0.05) is 60.2 Å². The van der Waals surface area contributed by atoms with Crippen molar-refractivity contribution in [2.45, 2.75) is 39.2 Å². The van der Waals surface area contributed by atoms with Crippen LogP contribution in [0.1, 0.15) is 53.7 Å². The van der Waals surface area contributed by atoms with Crippen molar-refractivity contribution < 1.29 is 83.4 Å². The third-order valence-electron chi connectivity index (χ3n) is 6.38. The number of carbonyl (C=O) groups is 2. The number of esters is 1. The van der Waals surface area contributed by atoms with Crippen LogP contribution >= 0.6 is 0 Å². The van der Waals surface area contributed by atoms with Gasteiger partial charge >= 0.3 is 70.4 Å². The van der Waals surface area contributed by atoms with Crippen molar-refractivity contribution in [3.05, 3.63) is 82.9 Å². The fourth-order valence-corrected chi connectivity index (χ4v) is 4.65. The number of ether oxygens (including phenoxy) is 2. The predicted octanol–water partition coefficient (Wildman–Crippen LogP) is 3.39. The van der Waals surface area contributed by atoms with E-state index in [1.165, 1.54) is 20.0 Å². The van der Waals surface area contributed by atoms with Gasteiger partial charge in [0.2, 0.25) is 0 Å². The van der Waals surface area contributed by atoms with Gasteiger partial charge in [-0.25, -0.2) is 9.59 Å². The molecule has 0 saturated carbocycles. The molecule has 1 aliphatic carbocycles. The summed E-state index contributed by atoms with van der Waals surface area (Å²) in [5, 5.41) is 0. The van der Waals surface area contributed by atoms with Crippen LogP contribution in [0.25, 0.3) is 11.1 Å². The topological polar surface area (TPSA) is 55.8 Å². The van der Waals surface area contributed by atoms with Crippen molar-refractivity contribution in [1.82, 2.24) is 0 Å². The number of nitrogens with zero attached hydrogens (tertiary/aromatic N) is 1. The Labute approximate surface area is 263 Å². The summed E-state index contributed by atoms with van der Waals surface area (Å²) in [6, 6.07) is 17.7. The van der Waals surface area contributed by atoms with Gasteiger partial charge in [-0.2, -0.15) is 0 Å². The second-order valence-electron chi connectivity index (χ2n) is 10.1. The molecule has 0 atom stereocenters. The van der Waals surface area contributed by atoms with Crippen molar-refractivity contribution in [3.63, 3.8) is 0 Å². The number of fused-ring (bicyclic) bond motifs is 3. The zero-order valence-corrected chi connectivity index (χ0v) is 25.5. The molecule has 3 aromatic rings. The molecule has 0 fully saturated rings. The number of halogens is 3. The number of carbonyl (C=O) groups excluding carboxylic acids is 2. The molecule has 194 valence electrons. The molecule has 5 nitrogen and oxygen atoms in total. The van der Waals surface area contributed by atoms with Crippen LogP contribution in [0.5, 0.6) is 0 Å². The number of amides is 1. The van der Waals surface area contributed by atoms with Gasteiger partial charge in [0.1, 0.15) is 12.2 Å². The van der Waals surface area contributed by atoms with Crippen LogP contribution in [0.2, 0.25) is 0 Å². The average molecular weight is 549 g/mol. The summed E-state index contributed by atoms with van der Waals surface area (Å²) < 4.78 is 52.5. The van der Waals surface area contributed by atoms with Gasteiger partial charge in [-0.15, -0.1) is 5.46 Å². The van der Waals surface area contributed by atoms with E-state index in [1.54, 1.807) is 20.8 Å². The minimum absolute atomic E-state index is 0. The molecular formula is C28H28BF3KNO4. The van der Waals surface area contributed by atoms with Gasteiger partial charge < -0.3 is 22.4 Å². The van der Waals surface area contributed by atoms with E-state index < -0.39 is 30.1 Å². The normalized spacial score (nSPS) is 12.7. The van der Waals surface area contributed by atoms with E-state index in [0.29, 0.717) is 0 Å². The summed E-state index contributed by atoms with van der Waals surface area (Å²) >= 11 is 0. The van der Waals surface area contributed by atoms with Crippen LogP contribution in [0.15, 0.2) is 60.7 Å². The number of hydrogen-bond acceptors (Lipinski definition) is 4. The first-order chi connectivity index (χ1) is 17.3. The quantitative estimate of drug-likeness (QED) is 0.362. The maximum Gasteiger partial charge on any atom is 1.00 e. The van der Waals surface area contributed by atoms with Crippen LogP contribution in [0, 0.1) is 6.92 Å². The van der Waals surface area contributed by atoms with Crippen LogP contribution in [0.3, 0.4) is 0 Å². The van der Waals surface area contributed by atoms with E-state index in [4.69, 9.17) is 9.47 Å². The van der Waals surface area contributed by atoms with Crippen molar-refractivity contribution in [2.24, 2.45) is 0 Å². The van der Waals surface area contributed by atoms with Crippen LogP contribution in [-0.2, 0) is 9.47 Å². The maximum atomic E-state index is 13.9. The number of rotatable bonds is 5. The Morgan fingerprint density at radius 3 is 1.97 bits per heavy atom. The Morgan fingerprint density at radius 2 is 1.47 bits per heavy atom. The molecule has 1 amide bonds. The smallest absolute Gasteiger partial charge is 0.456 e. The fourth-order valence-electron chi connectivity index (χ4n) is 4.65. The van der Waals surface area contributed by atoms with E-state index in [0.717, 1.165) is 33.2 Å². The molecule has 0 heterocycles. The predicted molar refractivity (Wildman–Crippen MR) is 139 cm³/mol. The van der Waals surface area contributed by atoms with E-state index in [1.807, 2.05) is 48.5 Å². The van der Waals surface area contributed by atoms with Crippen molar-refractivity contribution in [1.29, 1.82) is 0 Å². The van der Waals surface area contributed by atoms with Gasteiger partial charge in [0.05, 0.1) is 5.56 Å². The summed E-state index contributed by atoms with van der Waals surface area (Å²) in [6.45, 7) is 0.695. The largest absolute Gasteiger partial charge is 1.00 e. The maximum absolute atomic E-state index is 13.9. The first kappa shape index (κ1) is 30.4. The number of benzene rings is 3. The molecule has 0 aliphatic heterocycles. The monoisotopic (exact) mass is 549 g/mol. The third kappa shape index (κ3) is 6.37. The summed E-state index contributed by atoms with van der Waals surface area (Å²) in [4.78, 5) is 26.7. The molecule has 38 heavy (non-hydrogen) atoms. The molecule has 0 bridgehead atoms. The van der Waals surface area contributed by atoms with Gasteiger partial charge in [0, 0.05) is 18.7 Å². The molecule has 0 aromatic heterocycles. The zero-order valence-electron chi connectivity index (χ0n) is 22.3. The van der Waals surface area contributed by atoms with Crippen molar-refractivity contribution in [3.8, 4) is 11.1 Å². The molecule has 0 spiro atoms. The van der Waals surface area contributed by atoms with E-state index in [2.05, 4.69) is 0 Å². The van der Waals surface area contributed by atoms with Gasteiger partial charge in [0.25, 0.3) is 0 Å². The molecular weight excluding hydrogens is 521 g/mol. The molecule has 0 N–H and O–H groups in total. The van der Waals surface area contributed by atoms with Crippen LogP contribution in [0.4, 0.5) is 23.4 Å². The number of hydrogen-bond donors (Lipinski definition) is 0. The zero-order chi connectivity index (χ0) is 27.1. The fraction of sp³-hybridized carbons (Fsp3) is 0.286. The Morgan fingerprint density at radius 1 is 0.947 bits per heavy atom. The standard InChI is InChI=1S/C28H28BF3NO4.K/c1-17-24(29(30,31)32)14-18(26(34)37-28(2,3)4)15-25(17)33(5)27(35)36-16-23-21-12-8-6-10-19(21)20-11-7-9-13-22(20)23;/h6-15,23H,16H2,1-5H3;/q-1;+1. The molecule has 0 saturated heterocycles. The molecule has 10 heteroatoms. The number of anilines is 1. The minimum atomic E-state index is -5.45. The molecule has 0 unspecified atom stereocenters. The Balaban J connectivity index is 0.00000400. The first-order valence-electron chi connectivity index (χ1n) is 11.9. The summed E-state index contributed by atoms with van der Waals surface area (Å²) in [5.74, 6) is -1.11. The van der Waals surface area contributed by atoms with Crippen LogP contribution in [-0.4, -0.2) is 38.3 Å². The van der Waals surface area contributed by atoms with Crippen molar-refractivity contribution in [2.75, 3.05) is 18.6 Å². The average Bonchev–Trinajstić information content (AvgIpc) is 3.14. The first-order valence-corrected chi connectivity index (χ1v) is 11.9. The molecule has 1 aliphatic rings. The summed E-state index contributed by atoms with van der Waals surface area (Å²) in [6.07, 6.45) is -0.827. The van der Waals surface area contributed by atoms with E-state index in [-0.39, 0.29) is 80.7 Å². The van der Waals surface area contributed by atoms with Gasteiger partial charge in [-0.05, 0) is 56.0 Å². The minimum Gasteiger partial charge on any atom is -0.456 e. The van der Waals surface area contributed by atoms with E-state index in [9.17, 15) is 22.5 Å². The molecule has 4 rings (SSSR count). The molecule has 3 aromatic carbocycles. The SMILES string of the molecule is Cc1c(N(C)C(=O)OCC2c3ccccc3-c3ccccc32)cc(C(=O)OC(C)(C)C)cc1[B-](F)(F)F.[K+]. The van der Waals surface area contributed by atoms with E-state index >= 15 is 0 Å². The Kier molecular flexibility index (Phi) is 9.25. The van der Waals surface area contributed by atoms with Crippen LogP contribution < -0.4 is 61.7 Å². The molecule has 0 radical (unpaired) electrons. The Bertz CT molecular complexity index is 1330. The summed E-state index contributed by atoms with van der Waals surface area (Å²) in [7, 11) is 1.33. The Hall–Kier alpha value is -2.11.